The Morgan fingerprint density at radius 1 is 1.53 bits per heavy atom. The van der Waals surface area contributed by atoms with Crippen LogP contribution in [-0.2, 0) is 0 Å². The summed E-state index contributed by atoms with van der Waals surface area (Å²) in [6.07, 6.45) is 0. The van der Waals surface area contributed by atoms with E-state index in [-0.39, 0.29) is 12.6 Å². The van der Waals surface area contributed by atoms with Gasteiger partial charge in [0.15, 0.2) is 0 Å². The zero-order valence-electron chi connectivity index (χ0n) is 8.96. The number of aliphatic hydroxyl groups is 1. The van der Waals surface area contributed by atoms with Gasteiger partial charge in [0.05, 0.1) is 6.61 Å². The van der Waals surface area contributed by atoms with E-state index in [9.17, 15) is 0 Å². The second-order valence-corrected chi connectivity index (χ2v) is 3.70. The van der Waals surface area contributed by atoms with Gasteiger partial charge in [-0.2, -0.15) is 0 Å². The van der Waals surface area contributed by atoms with E-state index < -0.39 is 0 Å². The molecule has 84 valence electrons. The highest BCUT2D eigenvalue weighted by atomic mass is 35.5. The minimum absolute atomic E-state index is 0.00992. The molecule has 0 radical (unpaired) electrons. The van der Waals surface area contributed by atoms with Crippen molar-refractivity contribution in [2.45, 2.75) is 13.0 Å². The van der Waals surface area contributed by atoms with Gasteiger partial charge in [-0.25, -0.2) is 0 Å². The number of rotatable bonds is 5. The molecule has 0 amide bonds. The molecule has 0 aromatic heterocycles. The topological polar surface area (TPSA) is 41.5 Å². The van der Waals surface area contributed by atoms with Gasteiger partial charge in [0, 0.05) is 16.6 Å². The smallest absolute Gasteiger partial charge is 0.124 e. The summed E-state index contributed by atoms with van der Waals surface area (Å²) in [6, 6.07) is 5.63. The van der Waals surface area contributed by atoms with Gasteiger partial charge < -0.3 is 15.2 Å². The Balaban J connectivity index is 2.92. The molecule has 3 nitrogen and oxygen atoms in total. The van der Waals surface area contributed by atoms with Crippen LogP contribution in [0.2, 0.25) is 5.02 Å². The Morgan fingerprint density at radius 2 is 2.27 bits per heavy atom. The molecular weight excluding hydrogens is 214 g/mol. The summed E-state index contributed by atoms with van der Waals surface area (Å²) in [6.45, 7) is 2.33. The van der Waals surface area contributed by atoms with Gasteiger partial charge in [0.25, 0.3) is 0 Å². The van der Waals surface area contributed by atoms with Crippen LogP contribution >= 0.6 is 11.6 Å². The molecule has 1 rings (SSSR count). The van der Waals surface area contributed by atoms with Crippen LogP contribution in [0.5, 0.6) is 5.75 Å². The van der Waals surface area contributed by atoms with Crippen molar-refractivity contribution in [1.29, 1.82) is 0 Å². The van der Waals surface area contributed by atoms with E-state index >= 15 is 0 Å². The maximum Gasteiger partial charge on any atom is 0.124 e. The first-order valence-electron chi connectivity index (χ1n) is 4.89. The molecule has 1 atom stereocenters. The van der Waals surface area contributed by atoms with E-state index in [2.05, 4.69) is 5.32 Å². The lowest BCUT2D eigenvalue weighted by molar-refractivity contribution is 0.199. The molecule has 0 spiro atoms. The third kappa shape index (κ3) is 3.38. The fourth-order valence-corrected chi connectivity index (χ4v) is 1.48. The Morgan fingerprint density at radius 3 is 2.87 bits per heavy atom. The number of aliphatic hydroxyl groups excluding tert-OH is 1. The Hall–Kier alpha value is -0.770. The summed E-state index contributed by atoms with van der Waals surface area (Å²) in [5, 5.41) is 12.5. The molecule has 0 heterocycles. The van der Waals surface area contributed by atoms with Crippen molar-refractivity contribution in [3.63, 3.8) is 0 Å². The largest absolute Gasteiger partial charge is 0.491 e. The summed E-state index contributed by atoms with van der Waals surface area (Å²) in [7, 11) is 1.88. The Labute approximate surface area is 95.0 Å². The van der Waals surface area contributed by atoms with Crippen LogP contribution < -0.4 is 10.1 Å². The molecule has 0 aliphatic carbocycles. The van der Waals surface area contributed by atoms with Crippen LogP contribution in [0.3, 0.4) is 0 Å². The zero-order chi connectivity index (χ0) is 11.3. The fraction of sp³-hybridized carbons (Fsp3) is 0.455. The molecule has 2 N–H and O–H groups in total. The molecule has 0 aliphatic heterocycles. The molecule has 1 unspecified atom stereocenters. The number of halogens is 1. The average molecular weight is 230 g/mol. The second kappa shape index (κ2) is 5.95. The third-order valence-corrected chi connectivity index (χ3v) is 2.46. The first kappa shape index (κ1) is 12.3. The lowest BCUT2D eigenvalue weighted by Gasteiger charge is -2.16. The van der Waals surface area contributed by atoms with E-state index in [0.29, 0.717) is 11.6 Å². The first-order chi connectivity index (χ1) is 7.19. The monoisotopic (exact) mass is 229 g/mol. The summed E-state index contributed by atoms with van der Waals surface area (Å²) in [4.78, 5) is 0. The quantitative estimate of drug-likeness (QED) is 0.812. The summed E-state index contributed by atoms with van der Waals surface area (Å²) in [5.41, 5.74) is 0.999. The zero-order valence-corrected chi connectivity index (χ0v) is 9.71. The molecule has 15 heavy (non-hydrogen) atoms. The van der Waals surface area contributed by atoms with E-state index in [0.717, 1.165) is 11.3 Å². The van der Waals surface area contributed by atoms with Gasteiger partial charge in [0.2, 0.25) is 0 Å². The molecule has 0 saturated carbocycles. The van der Waals surface area contributed by atoms with E-state index in [1.807, 2.05) is 26.1 Å². The third-order valence-electron chi connectivity index (χ3n) is 2.22. The lowest BCUT2D eigenvalue weighted by atomic mass is 10.1. The standard InChI is InChI=1S/C11H16ClNO2/c1-8(13-2)10-7-9(12)3-4-11(10)15-6-5-14/h3-4,7-8,13-14H,5-6H2,1-2H3. The number of hydrogen-bond donors (Lipinski definition) is 2. The molecule has 1 aromatic carbocycles. The van der Waals surface area contributed by atoms with Crippen LogP contribution in [0.15, 0.2) is 18.2 Å². The minimum atomic E-state index is 0.00992. The maximum absolute atomic E-state index is 8.70. The number of hydrogen-bond acceptors (Lipinski definition) is 3. The minimum Gasteiger partial charge on any atom is -0.491 e. The highest BCUT2D eigenvalue weighted by Gasteiger charge is 2.10. The Kier molecular flexibility index (Phi) is 4.88. The summed E-state index contributed by atoms with van der Waals surface area (Å²) >= 11 is 5.92. The van der Waals surface area contributed by atoms with Crippen molar-refractivity contribution in [3.8, 4) is 5.75 Å². The van der Waals surface area contributed by atoms with Crippen LogP contribution in [0, 0.1) is 0 Å². The predicted octanol–water partition coefficient (Wildman–Crippen LogP) is 1.99. The van der Waals surface area contributed by atoms with Gasteiger partial charge in [-0.15, -0.1) is 0 Å². The second-order valence-electron chi connectivity index (χ2n) is 3.26. The van der Waals surface area contributed by atoms with Crippen LogP contribution in [0.1, 0.15) is 18.5 Å². The van der Waals surface area contributed by atoms with Gasteiger partial charge in [0.1, 0.15) is 12.4 Å². The predicted molar refractivity (Wildman–Crippen MR) is 61.5 cm³/mol. The van der Waals surface area contributed by atoms with Gasteiger partial charge >= 0.3 is 0 Å². The Bertz CT molecular complexity index is 317. The molecule has 1 aromatic rings. The molecule has 0 fully saturated rings. The van der Waals surface area contributed by atoms with Crippen LogP contribution in [-0.4, -0.2) is 25.4 Å². The maximum atomic E-state index is 8.70. The fourth-order valence-electron chi connectivity index (χ4n) is 1.30. The van der Waals surface area contributed by atoms with Gasteiger partial charge in [-0.3, -0.25) is 0 Å². The van der Waals surface area contributed by atoms with E-state index in [1.54, 1.807) is 6.07 Å². The van der Waals surface area contributed by atoms with Crippen molar-refractivity contribution in [2.75, 3.05) is 20.3 Å². The lowest BCUT2D eigenvalue weighted by Crippen LogP contribution is -2.14. The summed E-state index contributed by atoms with van der Waals surface area (Å²) in [5.74, 6) is 0.760. The molecular formula is C11H16ClNO2. The van der Waals surface area contributed by atoms with E-state index in [4.69, 9.17) is 21.4 Å². The van der Waals surface area contributed by atoms with Crippen LogP contribution in [0.4, 0.5) is 0 Å². The highest BCUT2D eigenvalue weighted by Crippen LogP contribution is 2.28. The van der Waals surface area contributed by atoms with E-state index in [1.165, 1.54) is 0 Å². The number of nitrogens with one attached hydrogen (secondary N) is 1. The van der Waals surface area contributed by atoms with Crippen molar-refractivity contribution in [1.82, 2.24) is 5.32 Å². The van der Waals surface area contributed by atoms with Crippen molar-refractivity contribution < 1.29 is 9.84 Å². The van der Waals surface area contributed by atoms with Crippen LogP contribution in [0.25, 0.3) is 0 Å². The molecule has 0 bridgehead atoms. The summed E-state index contributed by atoms with van der Waals surface area (Å²) < 4.78 is 5.42. The van der Waals surface area contributed by atoms with Gasteiger partial charge in [-0.05, 0) is 32.2 Å². The van der Waals surface area contributed by atoms with Crippen molar-refractivity contribution >= 4 is 11.6 Å². The van der Waals surface area contributed by atoms with Crippen molar-refractivity contribution in [2.24, 2.45) is 0 Å². The SMILES string of the molecule is CNC(C)c1cc(Cl)ccc1OCCO. The molecule has 4 heteroatoms. The molecule has 0 saturated heterocycles. The highest BCUT2D eigenvalue weighted by molar-refractivity contribution is 6.30. The molecule has 0 aliphatic rings. The van der Waals surface area contributed by atoms with Gasteiger partial charge in [-0.1, -0.05) is 11.6 Å². The van der Waals surface area contributed by atoms with Crippen molar-refractivity contribution in [3.05, 3.63) is 28.8 Å². The number of ether oxygens (including phenoxy) is 1. The average Bonchev–Trinajstić information content (AvgIpc) is 2.26. The normalized spacial score (nSPS) is 12.5. The first-order valence-corrected chi connectivity index (χ1v) is 5.27. The number of benzene rings is 1.